The fourth-order valence-electron chi connectivity index (χ4n) is 2.19. The highest BCUT2D eigenvalue weighted by Gasteiger charge is 2.29. The van der Waals surface area contributed by atoms with Gasteiger partial charge in [0.15, 0.2) is 0 Å². The molecule has 1 aliphatic heterocycles. The molecule has 1 aromatic rings. The van der Waals surface area contributed by atoms with Gasteiger partial charge in [-0.2, -0.15) is 0 Å². The molecule has 0 radical (unpaired) electrons. The van der Waals surface area contributed by atoms with E-state index in [1.807, 2.05) is 19.9 Å². The molecular weight excluding hydrogens is 218 g/mol. The van der Waals surface area contributed by atoms with Crippen LogP contribution in [0.4, 0.5) is 5.82 Å². The second kappa shape index (κ2) is 4.69. The lowest BCUT2D eigenvalue weighted by molar-refractivity contribution is -0.144. The molecule has 0 saturated carbocycles. The minimum atomic E-state index is -0.130. The van der Waals surface area contributed by atoms with Crippen LogP contribution in [0.2, 0.25) is 0 Å². The van der Waals surface area contributed by atoms with E-state index in [1.165, 1.54) is 7.11 Å². The molecule has 1 aromatic heterocycles. The zero-order chi connectivity index (χ0) is 12.4. The molecule has 17 heavy (non-hydrogen) atoms. The van der Waals surface area contributed by atoms with Crippen molar-refractivity contribution in [3.05, 3.63) is 17.6 Å². The summed E-state index contributed by atoms with van der Waals surface area (Å²) in [6.45, 7) is 5.36. The number of aryl methyl sites for hydroxylation is 2. The second-order valence-corrected chi connectivity index (χ2v) is 4.37. The number of anilines is 1. The van der Waals surface area contributed by atoms with Gasteiger partial charge in [-0.1, -0.05) is 0 Å². The van der Waals surface area contributed by atoms with Crippen LogP contribution in [0.15, 0.2) is 6.07 Å². The molecule has 2 heterocycles. The van der Waals surface area contributed by atoms with Gasteiger partial charge in [0, 0.05) is 24.8 Å². The first-order chi connectivity index (χ1) is 8.10. The summed E-state index contributed by atoms with van der Waals surface area (Å²) in [5.41, 5.74) is 0.953. The van der Waals surface area contributed by atoms with Gasteiger partial charge in [0.2, 0.25) is 0 Å². The molecule has 1 unspecified atom stereocenters. The standard InChI is InChI=1S/C12H17N3O2/c1-8-6-11(14-9(2)13-8)15-5-4-10(7-15)12(16)17-3/h6,10H,4-5,7H2,1-3H3. The Labute approximate surface area is 101 Å². The van der Waals surface area contributed by atoms with Crippen LogP contribution in [0.3, 0.4) is 0 Å². The molecule has 0 N–H and O–H groups in total. The Balaban J connectivity index is 2.12. The number of esters is 1. The first-order valence-corrected chi connectivity index (χ1v) is 5.75. The third-order valence-corrected chi connectivity index (χ3v) is 3.00. The highest BCUT2D eigenvalue weighted by molar-refractivity contribution is 5.74. The molecule has 2 rings (SSSR count). The smallest absolute Gasteiger partial charge is 0.310 e. The Bertz CT molecular complexity index is 414. The summed E-state index contributed by atoms with van der Waals surface area (Å²) in [6, 6.07) is 1.95. The molecule has 0 aromatic carbocycles. The Morgan fingerprint density at radius 1 is 1.47 bits per heavy atom. The van der Waals surface area contributed by atoms with Crippen molar-refractivity contribution < 1.29 is 9.53 Å². The van der Waals surface area contributed by atoms with Crippen molar-refractivity contribution in [3.8, 4) is 0 Å². The normalized spacial score (nSPS) is 19.5. The van der Waals surface area contributed by atoms with Crippen LogP contribution in [0.1, 0.15) is 17.9 Å². The van der Waals surface area contributed by atoms with Crippen LogP contribution in [0.5, 0.6) is 0 Å². The molecule has 5 nitrogen and oxygen atoms in total. The van der Waals surface area contributed by atoms with Crippen molar-refractivity contribution in [3.63, 3.8) is 0 Å². The summed E-state index contributed by atoms with van der Waals surface area (Å²) in [6.07, 6.45) is 0.828. The highest BCUT2D eigenvalue weighted by atomic mass is 16.5. The quantitative estimate of drug-likeness (QED) is 0.718. The predicted octanol–water partition coefficient (Wildman–Crippen LogP) is 1.09. The topological polar surface area (TPSA) is 55.3 Å². The Morgan fingerprint density at radius 2 is 2.24 bits per heavy atom. The minimum absolute atomic E-state index is 0.0319. The number of rotatable bonds is 2. The Hall–Kier alpha value is -1.65. The predicted molar refractivity (Wildman–Crippen MR) is 63.8 cm³/mol. The van der Waals surface area contributed by atoms with Crippen molar-refractivity contribution in [2.75, 3.05) is 25.1 Å². The van der Waals surface area contributed by atoms with E-state index in [9.17, 15) is 4.79 Å². The molecule has 92 valence electrons. The van der Waals surface area contributed by atoms with Crippen LogP contribution < -0.4 is 4.90 Å². The maximum atomic E-state index is 11.4. The number of carbonyl (C=O) groups is 1. The lowest BCUT2D eigenvalue weighted by Crippen LogP contribution is -2.24. The lowest BCUT2D eigenvalue weighted by atomic mass is 10.1. The van der Waals surface area contributed by atoms with E-state index in [2.05, 4.69) is 14.9 Å². The average Bonchev–Trinajstić information content (AvgIpc) is 2.76. The number of ether oxygens (including phenoxy) is 1. The molecule has 1 aliphatic rings. The molecule has 1 fully saturated rings. The molecule has 0 bridgehead atoms. The fourth-order valence-corrected chi connectivity index (χ4v) is 2.19. The molecule has 1 atom stereocenters. The van der Waals surface area contributed by atoms with Crippen LogP contribution in [0.25, 0.3) is 0 Å². The van der Waals surface area contributed by atoms with Crippen molar-refractivity contribution in [1.82, 2.24) is 9.97 Å². The van der Waals surface area contributed by atoms with Gasteiger partial charge in [-0.15, -0.1) is 0 Å². The SMILES string of the molecule is COC(=O)C1CCN(c2cc(C)nc(C)n2)C1. The first-order valence-electron chi connectivity index (χ1n) is 5.75. The largest absolute Gasteiger partial charge is 0.469 e. The van der Waals surface area contributed by atoms with Gasteiger partial charge in [0.1, 0.15) is 11.6 Å². The molecule has 1 saturated heterocycles. The van der Waals surface area contributed by atoms with E-state index in [-0.39, 0.29) is 11.9 Å². The summed E-state index contributed by atoms with van der Waals surface area (Å²) < 4.78 is 4.77. The van der Waals surface area contributed by atoms with Gasteiger partial charge < -0.3 is 9.64 Å². The first kappa shape index (κ1) is 11.8. The van der Waals surface area contributed by atoms with Crippen LogP contribution in [0, 0.1) is 19.8 Å². The van der Waals surface area contributed by atoms with E-state index in [0.717, 1.165) is 30.3 Å². The van der Waals surface area contributed by atoms with Crippen molar-refractivity contribution in [2.24, 2.45) is 5.92 Å². The number of hydrogen-bond acceptors (Lipinski definition) is 5. The fraction of sp³-hybridized carbons (Fsp3) is 0.583. The third-order valence-electron chi connectivity index (χ3n) is 3.00. The average molecular weight is 235 g/mol. The molecule has 5 heteroatoms. The van der Waals surface area contributed by atoms with Gasteiger partial charge in [-0.3, -0.25) is 4.79 Å². The highest BCUT2D eigenvalue weighted by Crippen LogP contribution is 2.23. The molecule has 0 amide bonds. The summed E-state index contributed by atoms with van der Waals surface area (Å²) in [5, 5.41) is 0. The summed E-state index contributed by atoms with van der Waals surface area (Å²) in [7, 11) is 1.43. The van der Waals surface area contributed by atoms with E-state index in [1.54, 1.807) is 0 Å². The second-order valence-electron chi connectivity index (χ2n) is 4.37. The Kier molecular flexibility index (Phi) is 3.26. The number of hydrogen-bond donors (Lipinski definition) is 0. The van der Waals surface area contributed by atoms with Crippen molar-refractivity contribution >= 4 is 11.8 Å². The van der Waals surface area contributed by atoms with Crippen LogP contribution >= 0.6 is 0 Å². The number of nitrogens with zero attached hydrogens (tertiary/aromatic N) is 3. The van der Waals surface area contributed by atoms with Gasteiger partial charge in [-0.25, -0.2) is 9.97 Å². The van der Waals surface area contributed by atoms with Gasteiger partial charge >= 0.3 is 5.97 Å². The maximum Gasteiger partial charge on any atom is 0.310 e. The maximum absolute atomic E-state index is 11.4. The number of methoxy groups -OCH3 is 1. The van der Waals surface area contributed by atoms with Crippen LogP contribution in [-0.2, 0) is 9.53 Å². The lowest BCUT2D eigenvalue weighted by Gasteiger charge is -2.17. The van der Waals surface area contributed by atoms with E-state index >= 15 is 0 Å². The Morgan fingerprint density at radius 3 is 2.88 bits per heavy atom. The zero-order valence-corrected chi connectivity index (χ0v) is 10.4. The van der Waals surface area contributed by atoms with E-state index < -0.39 is 0 Å². The molecule has 0 aliphatic carbocycles. The summed E-state index contributed by atoms with van der Waals surface area (Å²) in [5.74, 6) is 1.51. The van der Waals surface area contributed by atoms with Crippen molar-refractivity contribution in [1.29, 1.82) is 0 Å². The van der Waals surface area contributed by atoms with Gasteiger partial charge in [0.05, 0.1) is 13.0 Å². The zero-order valence-electron chi connectivity index (χ0n) is 10.4. The monoisotopic (exact) mass is 235 g/mol. The summed E-state index contributed by atoms with van der Waals surface area (Å²) in [4.78, 5) is 22.2. The van der Waals surface area contributed by atoms with Crippen molar-refractivity contribution in [2.45, 2.75) is 20.3 Å². The number of carbonyl (C=O) groups excluding carboxylic acids is 1. The van der Waals surface area contributed by atoms with Gasteiger partial charge in [-0.05, 0) is 20.3 Å². The summed E-state index contributed by atoms with van der Waals surface area (Å²) >= 11 is 0. The van der Waals surface area contributed by atoms with Crippen LogP contribution in [-0.4, -0.2) is 36.1 Å². The molecular formula is C12H17N3O2. The van der Waals surface area contributed by atoms with Gasteiger partial charge in [0.25, 0.3) is 0 Å². The third kappa shape index (κ3) is 2.54. The van der Waals surface area contributed by atoms with E-state index in [0.29, 0.717) is 6.54 Å². The minimum Gasteiger partial charge on any atom is -0.469 e. The molecule has 0 spiro atoms. The number of aromatic nitrogens is 2. The van der Waals surface area contributed by atoms with E-state index in [4.69, 9.17) is 4.74 Å².